The van der Waals surface area contributed by atoms with E-state index in [4.69, 9.17) is 9.47 Å². The zero-order chi connectivity index (χ0) is 24.1. The molecule has 3 aliphatic rings. The summed E-state index contributed by atoms with van der Waals surface area (Å²) in [5.74, 6) is -1.05. The van der Waals surface area contributed by atoms with Crippen molar-refractivity contribution in [3.05, 3.63) is 58.0 Å². The third kappa shape index (κ3) is 5.51. The van der Waals surface area contributed by atoms with Crippen LogP contribution < -0.4 is 5.32 Å². The number of amides is 1. The Labute approximate surface area is 202 Å². The fourth-order valence-corrected chi connectivity index (χ4v) is 5.28. The Morgan fingerprint density at radius 3 is 2.85 bits per heavy atom. The van der Waals surface area contributed by atoms with Crippen LogP contribution >= 0.6 is 11.8 Å². The van der Waals surface area contributed by atoms with Crippen molar-refractivity contribution >= 4 is 28.8 Å². The molecule has 0 aliphatic carbocycles. The number of hydrogen-bond acceptors (Lipinski definition) is 8. The van der Waals surface area contributed by atoms with Crippen LogP contribution in [0.15, 0.2) is 51.6 Å². The van der Waals surface area contributed by atoms with E-state index in [9.17, 15) is 14.0 Å². The maximum Gasteiger partial charge on any atom is 0.338 e. The van der Waals surface area contributed by atoms with Crippen LogP contribution in [0, 0.1) is 5.82 Å². The molecule has 1 amide bonds. The minimum absolute atomic E-state index is 0.112. The normalized spacial score (nSPS) is 20.6. The number of methoxy groups -OCH3 is 1. The molecule has 0 saturated carbocycles. The second-order valence-electron chi connectivity index (χ2n) is 8.27. The van der Waals surface area contributed by atoms with Crippen molar-refractivity contribution in [1.82, 2.24) is 15.1 Å². The summed E-state index contributed by atoms with van der Waals surface area (Å²) in [6.45, 7) is 6.59. The molecular weight excluding hydrogens is 459 g/mol. The quantitative estimate of drug-likeness (QED) is 0.445. The summed E-state index contributed by atoms with van der Waals surface area (Å²) in [4.78, 5) is 34.2. The summed E-state index contributed by atoms with van der Waals surface area (Å²) in [5.41, 5.74) is 2.14. The van der Waals surface area contributed by atoms with Gasteiger partial charge >= 0.3 is 5.97 Å². The maximum atomic E-state index is 14.1. The van der Waals surface area contributed by atoms with Gasteiger partial charge in [0.15, 0.2) is 5.17 Å². The molecule has 1 N–H and O–H groups in total. The first-order valence-corrected chi connectivity index (χ1v) is 12.2. The molecule has 0 radical (unpaired) electrons. The number of thioether (sulfide) groups is 1. The molecule has 0 unspecified atom stereocenters. The highest BCUT2D eigenvalue weighted by molar-refractivity contribution is 8.16. The summed E-state index contributed by atoms with van der Waals surface area (Å²) < 4.78 is 24.5. The van der Waals surface area contributed by atoms with Gasteiger partial charge in [0, 0.05) is 25.3 Å². The Morgan fingerprint density at radius 1 is 1.32 bits per heavy atom. The van der Waals surface area contributed by atoms with Crippen LogP contribution in [0.25, 0.3) is 0 Å². The van der Waals surface area contributed by atoms with Crippen molar-refractivity contribution in [3.8, 4) is 0 Å². The molecule has 0 bridgehead atoms. The number of nitrogens with zero attached hydrogens (tertiary/aromatic N) is 3. The highest BCUT2D eigenvalue weighted by Crippen LogP contribution is 2.44. The number of aliphatic imine (C=N–C) groups is 1. The summed E-state index contributed by atoms with van der Waals surface area (Å²) >= 11 is 1.39. The second kappa shape index (κ2) is 11.2. The van der Waals surface area contributed by atoms with Crippen molar-refractivity contribution in [3.63, 3.8) is 0 Å². The number of ether oxygens (including phenoxy) is 2. The van der Waals surface area contributed by atoms with Gasteiger partial charge in [-0.2, -0.15) is 0 Å². The Morgan fingerprint density at radius 2 is 2.12 bits per heavy atom. The predicted molar refractivity (Wildman–Crippen MR) is 128 cm³/mol. The van der Waals surface area contributed by atoms with E-state index in [0.29, 0.717) is 34.2 Å². The van der Waals surface area contributed by atoms with Crippen molar-refractivity contribution in [1.29, 1.82) is 0 Å². The molecule has 0 spiro atoms. The van der Waals surface area contributed by atoms with Gasteiger partial charge in [-0.25, -0.2) is 14.2 Å². The number of allylic oxidation sites excluding steroid dienone is 1. The summed E-state index contributed by atoms with van der Waals surface area (Å²) in [6, 6.07) is 5.49. The maximum absolute atomic E-state index is 14.1. The fraction of sp³-hybridized carbons (Fsp3) is 0.458. The van der Waals surface area contributed by atoms with Gasteiger partial charge in [0.2, 0.25) is 5.91 Å². The van der Waals surface area contributed by atoms with Crippen LogP contribution in [0.1, 0.15) is 31.4 Å². The summed E-state index contributed by atoms with van der Waals surface area (Å²) in [6.07, 6.45) is 0.985. The molecule has 1 saturated heterocycles. The average molecular weight is 489 g/mol. The lowest BCUT2D eigenvalue weighted by molar-refractivity contribution is -0.136. The molecule has 1 fully saturated rings. The van der Waals surface area contributed by atoms with Gasteiger partial charge in [0.05, 0.1) is 44.1 Å². The first-order valence-electron chi connectivity index (χ1n) is 11.3. The number of morpholine rings is 1. The largest absolute Gasteiger partial charge is 0.466 e. The number of carbonyl (C=O) groups excluding carboxylic acids is 2. The first kappa shape index (κ1) is 24.4. The van der Waals surface area contributed by atoms with E-state index in [0.717, 1.165) is 39.3 Å². The van der Waals surface area contributed by atoms with Gasteiger partial charge in [-0.05, 0) is 43.0 Å². The zero-order valence-electron chi connectivity index (χ0n) is 19.4. The van der Waals surface area contributed by atoms with Gasteiger partial charge in [-0.15, -0.1) is 0 Å². The Bertz CT molecular complexity index is 1040. The molecule has 1 aromatic carbocycles. The average Bonchev–Trinajstić information content (AvgIpc) is 3.22. The molecule has 182 valence electrons. The van der Waals surface area contributed by atoms with Gasteiger partial charge in [-0.1, -0.05) is 23.9 Å². The molecule has 8 nitrogen and oxygen atoms in total. The molecule has 4 rings (SSSR count). The zero-order valence-corrected chi connectivity index (χ0v) is 20.2. The number of benzene rings is 1. The Hall–Kier alpha value is -2.69. The van der Waals surface area contributed by atoms with Crippen LogP contribution in [0.3, 0.4) is 0 Å². The number of esters is 1. The van der Waals surface area contributed by atoms with E-state index < -0.39 is 17.8 Å². The smallest absolute Gasteiger partial charge is 0.338 e. The van der Waals surface area contributed by atoms with E-state index in [1.807, 2.05) is 10.3 Å². The second-order valence-corrected chi connectivity index (χ2v) is 9.11. The molecule has 0 aromatic heterocycles. The molecular formula is C24H29FN4O4S. The lowest BCUT2D eigenvalue weighted by Crippen LogP contribution is -2.39. The van der Waals surface area contributed by atoms with Crippen LogP contribution in [0.5, 0.6) is 0 Å². The van der Waals surface area contributed by atoms with Crippen LogP contribution in [0.4, 0.5) is 4.39 Å². The van der Waals surface area contributed by atoms with Gasteiger partial charge in [0.25, 0.3) is 0 Å². The standard InChI is InChI=1S/C24H29FN4O4S/c1-16-21(23(31)32-2)22(17-5-3-6-18(25)13-17)29-19(15-34-24(29)27-16)14-20(30)26-7-4-8-28-9-11-33-12-10-28/h3,5-6,13,15,22H,4,7-12,14H2,1-2H3,(H,26,30)/t22-/m0/s1. The lowest BCUT2D eigenvalue weighted by atomic mass is 9.94. The number of amidine groups is 1. The van der Waals surface area contributed by atoms with Crippen LogP contribution in [-0.4, -0.2) is 73.3 Å². The molecule has 34 heavy (non-hydrogen) atoms. The minimum Gasteiger partial charge on any atom is -0.466 e. The van der Waals surface area contributed by atoms with E-state index in [-0.39, 0.29) is 12.3 Å². The molecule has 3 aliphatic heterocycles. The topological polar surface area (TPSA) is 83.5 Å². The summed E-state index contributed by atoms with van der Waals surface area (Å²) in [7, 11) is 1.31. The Balaban J connectivity index is 1.46. The van der Waals surface area contributed by atoms with Crippen LogP contribution in [0.2, 0.25) is 0 Å². The van der Waals surface area contributed by atoms with Crippen LogP contribution in [-0.2, 0) is 19.1 Å². The number of fused-ring (bicyclic) bond motifs is 1. The van der Waals surface area contributed by atoms with E-state index in [1.165, 1.54) is 31.0 Å². The number of rotatable bonds is 8. The number of hydrogen-bond donors (Lipinski definition) is 1. The molecule has 1 aromatic rings. The lowest BCUT2D eigenvalue weighted by Gasteiger charge is -2.36. The van der Waals surface area contributed by atoms with E-state index in [2.05, 4.69) is 15.2 Å². The van der Waals surface area contributed by atoms with Crippen molar-refractivity contribution in [2.75, 3.05) is 46.5 Å². The summed E-state index contributed by atoms with van der Waals surface area (Å²) in [5, 5.41) is 5.50. The molecule has 1 atom stereocenters. The van der Waals surface area contributed by atoms with Crippen molar-refractivity contribution in [2.24, 2.45) is 4.99 Å². The van der Waals surface area contributed by atoms with Gasteiger partial charge < -0.3 is 19.7 Å². The highest BCUT2D eigenvalue weighted by atomic mass is 32.2. The van der Waals surface area contributed by atoms with E-state index in [1.54, 1.807) is 19.1 Å². The van der Waals surface area contributed by atoms with E-state index >= 15 is 0 Å². The first-order chi connectivity index (χ1) is 16.5. The third-order valence-electron chi connectivity index (χ3n) is 5.99. The molecule has 3 heterocycles. The third-order valence-corrected chi connectivity index (χ3v) is 6.88. The van der Waals surface area contributed by atoms with Gasteiger partial charge in [0.1, 0.15) is 5.82 Å². The van der Waals surface area contributed by atoms with Crippen molar-refractivity contribution < 1.29 is 23.5 Å². The highest BCUT2D eigenvalue weighted by Gasteiger charge is 2.41. The molecule has 10 heteroatoms. The van der Waals surface area contributed by atoms with Crippen molar-refractivity contribution in [2.45, 2.75) is 25.8 Å². The number of carbonyl (C=O) groups is 2. The van der Waals surface area contributed by atoms with Gasteiger partial charge in [-0.3, -0.25) is 9.69 Å². The Kier molecular flexibility index (Phi) is 8.02. The SMILES string of the molecule is COC(=O)C1=C(C)N=C2SC=C(CC(=O)NCCCN3CCOCC3)N2[C@H]1c1cccc(F)c1. The predicted octanol–water partition coefficient (Wildman–Crippen LogP) is 2.80. The minimum atomic E-state index is -0.633. The number of nitrogens with one attached hydrogen (secondary N) is 1. The monoisotopic (exact) mass is 488 g/mol. The number of halogens is 1. The fourth-order valence-electron chi connectivity index (χ4n) is 4.32.